The number of carbonyl (C=O) groups is 1. The summed E-state index contributed by atoms with van der Waals surface area (Å²) in [6, 6.07) is 6.87. The number of aryl methyl sites for hydroxylation is 1. The number of amides is 2. The van der Waals surface area contributed by atoms with Crippen LogP contribution < -0.4 is 10.1 Å². The van der Waals surface area contributed by atoms with Gasteiger partial charge in [-0.25, -0.2) is 4.79 Å². The van der Waals surface area contributed by atoms with Crippen molar-refractivity contribution in [2.45, 2.75) is 32.4 Å². The van der Waals surface area contributed by atoms with E-state index in [1.165, 1.54) is 5.69 Å². The number of benzene rings is 1. The van der Waals surface area contributed by atoms with Crippen LogP contribution in [0.25, 0.3) is 11.4 Å². The molecular formula is C20H24N6O3. The molecule has 3 heterocycles. The molecule has 0 radical (unpaired) electrons. The van der Waals surface area contributed by atoms with E-state index in [1.807, 2.05) is 49.1 Å². The van der Waals surface area contributed by atoms with Crippen molar-refractivity contribution in [3.63, 3.8) is 0 Å². The number of aromatic nitrogens is 4. The third kappa shape index (κ3) is 3.80. The van der Waals surface area contributed by atoms with Gasteiger partial charge in [0.2, 0.25) is 11.7 Å². The second-order valence-electron chi connectivity index (χ2n) is 7.09. The summed E-state index contributed by atoms with van der Waals surface area (Å²) in [6.45, 7) is 3.05. The van der Waals surface area contributed by atoms with E-state index >= 15 is 0 Å². The quantitative estimate of drug-likeness (QED) is 0.728. The van der Waals surface area contributed by atoms with Crippen molar-refractivity contribution in [1.29, 1.82) is 0 Å². The molecule has 9 nitrogen and oxygen atoms in total. The molecule has 9 heteroatoms. The van der Waals surface area contributed by atoms with Gasteiger partial charge in [-0.1, -0.05) is 17.3 Å². The van der Waals surface area contributed by atoms with E-state index in [2.05, 4.69) is 20.6 Å². The van der Waals surface area contributed by atoms with Gasteiger partial charge in [0.25, 0.3) is 0 Å². The number of rotatable bonds is 4. The van der Waals surface area contributed by atoms with E-state index in [0.717, 1.165) is 24.0 Å². The van der Waals surface area contributed by atoms with Crippen molar-refractivity contribution < 1.29 is 14.1 Å². The molecular weight excluding hydrogens is 372 g/mol. The average Bonchev–Trinajstić information content (AvgIpc) is 3.29. The zero-order valence-corrected chi connectivity index (χ0v) is 16.8. The number of urea groups is 1. The molecule has 1 aliphatic rings. The van der Waals surface area contributed by atoms with Crippen LogP contribution in [0.5, 0.6) is 5.75 Å². The predicted molar refractivity (Wildman–Crippen MR) is 105 cm³/mol. The number of methoxy groups -OCH3 is 1. The first-order valence-electron chi connectivity index (χ1n) is 9.59. The third-order valence-corrected chi connectivity index (χ3v) is 5.14. The van der Waals surface area contributed by atoms with Crippen molar-refractivity contribution in [1.82, 2.24) is 30.1 Å². The van der Waals surface area contributed by atoms with Crippen molar-refractivity contribution in [3.8, 4) is 17.1 Å². The molecule has 1 aliphatic heterocycles. The lowest BCUT2D eigenvalue weighted by molar-refractivity contribution is 0.189. The van der Waals surface area contributed by atoms with Crippen LogP contribution in [0.15, 0.2) is 35.0 Å². The highest BCUT2D eigenvalue weighted by Crippen LogP contribution is 2.28. The van der Waals surface area contributed by atoms with Gasteiger partial charge in [0, 0.05) is 24.8 Å². The molecule has 0 bridgehead atoms. The van der Waals surface area contributed by atoms with Crippen molar-refractivity contribution in [3.05, 3.63) is 47.6 Å². The van der Waals surface area contributed by atoms with Crippen molar-refractivity contribution in [2.24, 2.45) is 7.05 Å². The molecule has 2 aromatic heterocycles. The van der Waals surface area contributed by atoms with E-state index in [4.69, 9.17) is 9.26 Å². The summed E-state index contributed by atoms with van der Waals surface area (Å²) in [6.07, 6.45) is 3.64. The fraction of sp³-hybridized carbons (Fsp3) is 0.400. The molecule has 1 unspecified atom stereocenters. The Balaban J connectivity index is 1.45. The lowest BCUT2D eigenvalue weighted by Crippen LogP contribution is -2.40. The van der Waals surface area contributed by atoms with Crippen LogP contribution in [-0.4, -0.2) is 44.5 Å². The lowest BCUT2D eigenvalue weighted by atomic mass is 10.2. The number of hydrogen-bond donors (Lipinski definition) is 1. The number of ether oxygens (including phenoxy) is 1. The van der Waals surface area contributed by atoms with Crippen molar-refractivity contribution in [2.75, 3.05) is 13.7 Å². The standard InChI is InChI=1S/C20H24N6O3/c1-13(19-23-18(24-29-19)15-7-4-5-9-17(15)28-3)22-20(27)26-10-6-8-16-14(12-26)11-21-25(16)2/h4-5,7,9,11,13H,6,8,10,12H2,1-3H3,(H,22,27). The molecule has 1 N–H and O–H groups in total. The van der Waals surface area contributed by atoms with Gasteiger partial charge >= 0.3 is 6.03 Å². The maximum absolute atomic E-state index is 12.8. The number of fused-ring (bicyclic) bond motifs is 1. The third-order valence-electron chi connectivity index (χ3n) is 5.14. The first-order chi connectivity index (χ1) is 14.1. The van der Waals surface area contributed by atoms with Gasteiger partial charge < -0.3 is 19.5 Å². The monoisotopic (exact) mass is 396 g/mol. The second-order valence-corrected chi connectivity index (χ2v) is 7.09. The van der Waals surface area contributed by atoms with Crippen LogP contribution in [0.2, 0.25) is 0 Å². The molecule has 29 heavy (non-hydrogen) atoms. The Labute approximate surface area is 168 Å². The normalized spacial score (nSPS) is 14.8. The number of hydrogen-bond acceptors (Lipinski definition) is 6. The first-order valence-corrected chi connectivity index (χ1v) is 9.59. The minimum absolute atomic E-state index is 0.161. The fourth-order valence-corrected chi connectivity index (χ4v) is 3.55. The molecule has 0 saturated carbocycles. The van der Waals surface area contributed by atoms with E-state index in [9.17, 15) is 4.79 Å². The highest BCUT2D eigenvalue weighted by Gasteiger charge is 2.24. The molecule has 0 saturated heterocycles. The summed E-state index contributed by atoms with van der Waals surface area (Å²) in [5, 5.41) is 11.3. The molecule has 1 aromatic carbocycles. The minimum atomic E-state index is -0.421. The molecule has 0 aliphatic carbocycles. The summed E-state index contributed by atoms with van der Waals surface area (Å²) >= 11 is 0. The van der Waals surface area contributed by atoms with Crippen LogP contribution in [0.4, 0.5) is 4.79 Å². The Morgan fingerprint density at radius 3 is 3.00 bits per heavy atom. The van der Waals surface area contributed by atoms with Crippen LogP contribution in [-0.2, 0) is 20.0 Å². The fourth-order valence-electron chi connectivity index (χ4n) is 3.55. The maximum Gasteiger partial charge on any atom is 0.318 e. The summed E-state index contributed by atoms with van der Waals surface area (Å²) in [5.41, 5.74) is 3.01. The zero-order chi connectivity index (χ0) is 20.4. The largest absolute Gasteiger partial charge is 0.496 e. The number of para-hydroxylation sites is 1. The first kappa shape index (κ1) is 19.0. The molecule has 0 fully saturated rings. The van der Waals surface area contributed by atoms with E-state index in [1.54, 1.807) is 12.0 Å². The summed E-state index contributed by atoms with van der Waals surface area (Å²) < 4.78 is 12.6. The summed E-state index contributed by atoms with van der Waals surface area (Å²) in [7, 11) is 3.53. The van der Waals surface area contributed by atoms with Crippen LogP contribution in [0, 0.1) is 0 Å². The van der Waals surface area contributed by atoms with Gasteiger partial charge in [0.1, 0.15) is 11.8 Å². The molecule has 2 amide bonds. The summed E-state index contributed by atoms with van der Waals surface area (Å²) in [4.78, 5) is 19.0. The van der Waals surface area contributed by atoms with Crippen LogP contribution in [0.1, 0.15) is 36.5 Å². The lowest BCUT2D eigenvalue weighted by Gasteiger charge is -2.22. The molecule has 1 atom stereocenters. The predicted octanol–water partition coefficient (Wildman–Crippen LogP) is 2.70. The SMILES string of the molecule is COc1ccccc1-c1noc(C(C)NC(=O)N2CCCc3c(cnn3C)C2)n1. The van der Waals surface area contributed by atoms with Gasteiger partial charge in [-0.2, -0.15) is 10.1 Å². The van der Waals surface area contributed by atoms with E-state index in [0.29, 0.717) is 30.6 Å². The number of carbonyl (C=O) groups excluding carboxylic acids is 1. The number of nitrogens with one attached hydrogen (secondary N) is 1. The van der Waals surface area contributed by atoms with Gasteiger partial charge in [-0.3, -0.25) is 4.68 Å². The van der Waals surface area contributed by atoms with Gasteiger partial charge in [0.05, 0.1) is 25.4 Å². The Morgan fingerprint density at radius 1 is 1.34 bits per heavy atom. The highest BCUT2D eigenvalue weighted by molar-refractivity contribution is 5.74. The number of nitrogens with zero attached hydrogens (tertiary/aromatic N) is 5. The van der Waals surface area contributed by atoms with Crippen LogP contribution >= 0.6 is 0 Å². The van der Waals surface area contributed by atoms with Crippen LogP contribution in [0.3, 0.4) is 0 Å². The Morgan fingerprint density at radius 2 is 2.17 bits per heavy atom. The summed E-state index contributed by atoms with van der Waals surface area (Å²) in [5.74, 6) is 1.43. The molecule has 152 valence electrons. The van der Waals surface area contributed by atoms with Gasteiger partial charge in [-0.15, -0.1) is 0 Å². The molecule has 3 aromatic rings. The smallest absolute Gasteiger partial charge is 0.318 e. The average molecular weight is 396 g/mol. The van der Waals surface area contributed by atoms with Crippen molar-refractivity contribution >= 4 is 6.03 Å². The topological polar surface area (TPSA) is 98.3 Å². The highest BCUT2D eigenvalue weighted by atomic mass is 16.5. The zero-order valence-electron chi connectivity index (χ0n) is 16.8. The Bertz CT molecular complexity index is 1010. The van der Waals surface area contributed by atoms with Gasteiger partial charge in [-0.05, 0) is 31.9 Å². The Hall–Kier alpha value is -3.36. The van der Waals surface area contributed by atoms with E-state index < -0.39 is 6.04 Å². The second kappa shape index (κ2) is 7.94. The maximum atomic E-state index is 12.8. The van der Waals surface area contributed by atoms with E-state index in [-0.39, 0.29) is 6.03 Å². The minimum Gasteiger partial charge on any atom is -0.496 e. The van der Waals surface area contributed by atoms with Gasteiger partial charge in [0.15, 0.2) is 0 Å². The Kier molecular flexibility index (Phi) is 5.20. The molecule has 4 rings (SSSR count). The molecule has 0 spiro atoms.